The molecule has 0 aromatic carbocycles. The van der Waals surface area contributed by atoms with Crippen molar-refractivity contribution in [2.75, 3.05) is 0 Å². The summed E-state index contributed by atoms with van der Waals surface area (Å²) in [5.41, 5.74) is 0. The minimum Gasteiger partial charge on any atom is -0.226 e. The third-order valence-corrected chi connectivity index (χ3v) is 2.24. The maximum atomic E-state index is 12.6. The number of alkyl halides is 7. The van der Waals surface area contributed by atoms with Crippen molar-refractivity contribution in [1.82, 2.24) is 0 Å². The predicted molar refractivity (Wildman–Crippen MR) is 52.1 cm³/mol. The molecule has 0 fully saturated rings. The minimum atomic E-state index is -4.02. The molecule has 1 unspecified atom stereocenters. The molecule has 0 aliphatic heterocycles. The molecule has 74 valence electrons. The van der Waals surface area contributed by atoms with Crippen molar-refractivity contribution in [3.8, 4) is 0 Å². The summed E-state index contributed by atoms with van der Waals surface area (Å²) in [7, 11) is 0. The first-order valence-corrected chi connectivity index (χ1v) is 4.94. The van der Waals surface area contributed by atoms with Crippen LogP contribution in [0.5, 0.6) is 0 Å². The van der Waals surface area contributed by atoms with Gasteiger partial charge in [0.2, 0.25) is 3.68 Å². The van der Waals surface area contributed by atoms with Gasteiger partial charge in [-0.15, -0.1) is 0 Å². The molecule has 0 aromatic heterocycles. The van der Waals surface area contributed by atoms with E-state index in [1.807, 2.05) is 0 Å². The van der Waals surface area contributed by atoms with Crippen molar-refractivity contribution in [1.29, 1.82) is 0 Å². The van der Waals surface area contributed by atoms with Crippen molar-refractivity contribution in [2.24, 2.45) is 0 Å². The van der Waals surface area contributed by atoms with Crippen molar-refractivity contribution in [3.63, 3.8) is 0 Å². The zero-order valence-corrected chi connectivity index (χ0v) is 10.2. The van der Waals surface area contributed by atoms with Crippen LogP contribution in [0.3, 0.4) is 0 Å². The summed E-state index contributed by atoms with van der Waals surface area (Å²) < 4.78 is 55.4. The topological polar surface area (TPSA) is 0 Å². The third-order valence-electron chi connectivity index (χ3n) is 1.06. The van der Waals surface area contributed by atoms with Gasteiger partial charge in [-0.2, -0.15) is 8.78 Å². The summed E-state index contributed by atoms with van der Waals surface area (Å²) in [5.74, 6) is -4.02. The highest BCUT2D eigenvalue weighted by atomic mass is 127. The molecule has 0 radical (unpaired) electrons. The maximum Gasteiger partial charge on any atom is 0.302 e. The average Bonchev–Trinajstić information content (AvgIpc) is 1.52. The van der Waals surface area contributed by atoms with E-state index >= 15 is 0 Å². The van der Waals surface area contributed by atoms with E-state index in [0.29, 0.717) is 29.5 Å². The Morgan fingerprint density at radius 1 is 1.00 bits per heavy atom. The van der Waals surface area contributed by atoms with E-state index in [0.717, 1.165) is 22.6 Å². The van der Waals surface area contributed by atoms with Gasteiger partial charge in [0.25, 0.3) is 5.92 Å². The molecular formula is C5H5F5I2. The summed E-state index contributed by atoms with van der Waals surface area (Å²) in [6.07, 6.45) is -1.78. The highest BCUT2D eigenvalue weighted by Gasteiger charge is 2.54. The van der Waals surface area contributed by atoms with Crippen molar-refractivity contribution in [3.05, 3.63) is 0 Å². The Bertz CT molecular complexity index is 156. The first-order chi connectivity index (χ1) is 4.96. The number of rotatable bonds is 3. The van der Waals surface area contributed by atoms with E-state index < -0.39 is 19.9 Å². The van der Waals surface area contributed by atoms with Gasteiger partial charge in [0, 0.05) is 0 Å². The van der Waals surface area contributed by atoms with Gasteiger partial charge < -0.3 is 0 Å². The Kier molecular flexibility index (Phi) is 4.04. The molecule has 0 saturated carbocycles. The second-order valence-corrected chi connectivity index (χ2v) is 5.99. The van der Waals surface area contributed by atoms with Crippen molar-refractivity contribution >= 4 is 45.2 Å². The number of hydrogen-bond acceptors (Lipinski definition) is 0. The van der Waals surface area contributed by atoms with E-state index in [2.05, 4.69) is 0 Å². The average molecular weight is 414 g/mol. The predicted octanol–water partition coefficient (Wildman–Crippen LogP) is 4.16. The van der Waals surface area contributed by atoms with E-state index in [4.69, 9.17) is 0 Å². The largest absolute Gasteiger partial charge is 0.302 e. The summed E-state index contributed by atoms with van der Waals surface area (Å²) in [5, 5.41) is 0. The Morgan fingerprint density at radius 3 is 1.42 bits per heavy atom. The molecule has 0 rings (SSSR count). The molecule has 0 aromatic rings. The van der Waals surface area contributed by atoms with Crippen LogP contribution < -0.4 is 0 Å². The SMILES string of the molecule is CC(F)(I)C(F)(F)CC(F)(F)I. The van der Waals surface area contributed by atoms with Crippen LogP contribution in [0.25, 0.3) is 0 Å². The molecule has 0 amide bonds. The van der Waals surface area contributed by atoms with Gasteiger partial charge >= 0.3 is 3.93 Å². The normalized spacial score (nSPS) is 19.0. The lowest BCUT2D eigenvalue weighted by molar-refractivity contribution is -0.113. The van der Waals surface area contributed by atoms with Crippen LogP contribution in [0.15, 0.2) is 0 Å². The number of hydrogen-bond donors (Lipinski definition) is 0. The third kappa shape index (κ3) is 4.38. The van der Waals surface area contributed by atoms with E-state index in [-0.39, 0.29) is 0 Å². The Labute approximate surface area is 93.6 Å². The molecule has 0 nitrogen and oxygen atoms in total. The molecule has 0 saturated heterocycles. The highest BCUT2D eigenvalue weighted by molar-refractivity contribution is 14.1. The lowest BCUT2D eigenvalue weighted by Crippen LogP contribution is -2.39. The molecular weight excluding hydrogens is 409 g/mol. The lowest BCUT2D eigenvalue weighted by Gasteiger charge is -2.26. The lowest BCUT2D eigenvalue weighted by atomic mass is 10.2. The summed E-state index contributed by atoms with van der Waals surface area (Å²) in [6, 6.07) is 0. The maximum absolute atomic E-state index is 12.6. The first kappa shape index (κ1) is 13.1. The summed E-state index contributed by atoms with van der Waals surface area (Å²) >= 11 is 1.36. The Morgan fingerprint density at radius 2 is 1.33 bits per heavy atom. The quantitative estimate of drug-likeness (QED) is 0.370. The molecule has 0 N–H and O–H groups in total. The second kappa shape index (κ2) is 3.70. The van der Waals surface area contributed by atoms with Gasteiger partial charge in [-0.05, 0) is 52.1 Å². The van der Waals surface area contributed by atoms with Crippen LogP contribution >= 0.6 is 45.2 Å². The fourth-order valence-corrected chi connectivity index (χ4v) is 1.08. The monoisotopic (exact) mass is 414 g/mol. The van der Waals surface area contributed by atoms with Gasteiger partial charge in [0.15, 0.2) is 0 Å². The van der Waals surface area contributed by atoms with Crippen LogP contribution in [0.2, 0.25) is 0 Å². The molecule has 12 heavy (non-hydrogen) atoms. The van der Waals surface area contributed by atoms with E-state index in [1.165, 1.54) is 0 Å². The zero-order valence-electron chi connectivity index (χ0n) is 5.85. The van der Waals surface area contributed by atoms with Crippen molar-refractivity contribution < 1.29 is 22.0 Å². The molecule has 0 bridgehead atoms. The van der Waals surface area contributed by atoms with Gasteiger partial charge in [-0.3, -0.25) is 0 Å². The molecule has 0 heterocycles. The van der Waals surface area contributed by atoms with E-state index in [1.54, 1.807) is 0 Å². The second-order valence-electron chi connectivity index (χ2n) is 2.38. The molecule has 0 aliphatic rings. The van der Waals surface area contributed by atoms with Crippen LogP contribution in [0.1, 0.15) is 13.3 Å². The van der Waals surface area contributed by atoms with Gasteiger partial charge in [0.05, 0.1) is 6.42 Å². The van der Waals surface area contributed by atoms with Crippen LogP contribution in [-0.4, -0.2) is 13.5 Å². The van der Waals surface area contributed by atoms with Gasteiger partial charge in [-0.1, -0.05) is 0 Å². The summed E-state index contributed by atoms with van der Waals surface area (Å²) in [6.45, 7) is 0.565. The smallest absolute Gasteiger partial charge is 0.226 e. The number of halogens is 7. The van der Waals surface area contributed by atoms with Crippen molar-refractivity contribution in [2.45, 2.75) is 26.9 Å². The fourth-order valence-electron chi connectivity index (χ4n) is 0.407. The Hall–Kier alpha value is 1.11. The molecule has 0 aliphatic carbocycles. The minimum absolute atomic E-state index is 0.558. The van der Waals surface area contributed by atoms with Crippen LogP contribution in [0, 0.1) is 0 Å². The summed E-state index contributed by atoms with van der Waals surface area (Å²) in [4.78, 5) is 0. The standard InChI is InChI=1S/C5H5F5I2/c1-3(6,11)4(7,8)2-5(9,10)12/h2H2,1H3. The molecule has 0 spiro atoms. The first-order valence-electron chi connectivity index (χ1n) is 2.78. The van der Waals surface area contributed by atoms with Crippen LogP contribution in [-0.2, 0) is 0 Å². The van der Waals surface area contributed by atoms with Gasteiger partial charge in [-0.25, -0.2) is 13.2 Å². The zero-order chi connectivity index (χ0) is 10.2. The van der Waals surface area contributed by atoms with Gasteiger partial charge in [0.1, 0.15) is 0 Å². The highest BCUT2D eigenvalue weighted by Crippen LogP contribution is 2.46. The molecule has 1 atom stereocenters. The Balaban J connectivity index is 4.44. The van der Waals surface area contributed by atoms with E-state index in [9.17, 15) is 22.0 Å². The fraction of sp³-hybridized carbons (Fsp3) is 1.00. The molecule has 7 heteroatoms. The van der Waals surface area contributed by atoms with Crippen LogP contribution in [0.4, 0.5) is 22.0 Å².